The minimum absolute atomic E-state index is 0.237. The van der Waals surface area contributed by atoms with Crippen LogP contribution in [0, 0.1) is 0 Å². The lowest BCUT2D eigenvalue weighted by atomic mass is 10.0. The number of nitrogens with zero attached hydrogens (tertiary/aromatic N) is 2. The third-order valence-electron chi connectivity index (χ3n) is 3.98. The minimum atomic E-state index is -3.54. The highest BCUT2D eigenvalue weighted by molar-refractivity contribution is 5.85. The molecule has 1 saturated heterocycles. The van der Waals surface area contributed by atoms with Gasteiger partial charge in [0.2, 0.25) is 0 Å². The van der Waals surface area contributed by atoms with Crippen molar-refractivity contribution >= 4 is 5.91 Å². The van der Waals surface area contributed by atoms with Crippen molar-refractivity contribution in [3.05, 3.63) is 66.0 Å². The van der Waals surface area contributed by atoms with E-state index in [9.17, 15) is 13.6 Å². The summed E-state index contributed by atoms with van der Waals surface area (Å²) in [7, 11) is 0. The lowest BCUT2D eigenvalue weighted by Gasteiger charge is -2.38. The summed E-state index contributed by atoms with van der Waals surface area (Å²) in [6, 6.07) is 10.3. The number of carbonyl (C=O) groups is 1. The summed E-state index contributed by atoms with van der Waals surface area (Å²) in [6.45, 7) is 1.16. The van der Waals surface area contributed by atoms with Gasteiger partial charge in [0.05, 0.1) is 6.04 Å². The maximum absolute atomic E-state index is 14.6. The van der Waals surface area contributed by atoms with E-state index < -0.39 is 17.9 Å². The highest BCUT2D eigenvalue weighted by atomic mass is 19.3. The third-order valence-corrected chi connectivity index (χ3v) is 3.98. The standard InChI is InChI=1S/C17H17F2N3O/c18-17(19,14-6-2-1-3-7-14)16(23)22-10-9-21-12-15(22)13-5-4-8-20-11-13/h1-8,11,15,21H,9-10,12H2. The SMILES string of the molecule is O=C(N1CCNCC1c1cccnc1)C(F)(F)c1ccccc1. The van der Waals surface area contributed by atoms with E-state index in [2.05, 4.69) is 10.3 Å². The molecule has 1 amide bonds. The van der Waals surface area contributed by atoms with E-state index >= 15 is 0 Å². The van der Waals surface area contributed by atoms with Gasteiger partial charge in [0.15, 0.2) is 0 Å². The van der Waals surface area contributed by atoms with E-state index in [1.54, 1.807) is 30.6 Å². The quantitative estimate of drug-likeness (QED) is 0.945. The largest absolute Gasteiger partial charge is 0.349 e. The number of carbonyl (C=O) groups excluding carboxylic acids is 1. The van der Waals surface area contributed by atoms with Gasteiger partial charge in [-0.05, 0) is 11.6 Å². The van der Waals surface area contributed by atoms with Crippen molar-refractivity contribution in [3.8, 4) is 0 Å². The summed E-state index contributed by atoms with van der Waals surface area (Å²) in [4.78, 5) is 17.8. The molecular formula is C17H17F2N3O. The van der Waals surface area contributed by atoms with E-state index in [1.165, 1.54) is 29.2 Å². The Kier molecular flexibility index (Phi) is 4.34. The first-order chi connectivity index (χ1) is 11.1. The van der Waals surface area contributed by atoms with E-state index in [-0.39, 0.29) is 12.1 Å². The summed E-state index contributed by atoms with van der Waals surface area (Å²) in [6.07, 6.45) is 3.23. The number of nitrogens with one attached hydrogen (secondary N) is 1. The summed E-state index contributed by atoms with van der Waals surface area (Å²) >= 11 is 0. The molecule has 1 N–H and O–H groups in total. The number of benzene rings is 1. The normalized spacial score (nSPS) is 18.7. The Morgan fingerprint density at radius 2 is 2.00 bits per heavy atom. The highest BCUT2D eigenvalue weighted by Crippen LogP contribution is 2.33. The first kappa shape index (κ1) is 15.6. The summed E-state index contributed by atoms with van der Waals surface area (Å²) in [5.41, 5.74) is 0.463. The van der Waals surface area contributed by atoms with Crippen LogP contribution < -0.4 is 5.32 Å². The van der Waals surface area contributed by atoms with Gasteiger partial charge >= 0.3 is 5.92 Å². The molecule has 3 rings (SSSR count). The zero-order valence-electron chi connectivity index (χ0n) is 12.5. The van der Waals surface area contributed by atoms with Crippen molar-refractivity contribution in [1.29, 1.82) is 0 Å². The Morgan fingerprint density at radius 3 is 2.70 bits per heavy atom. The highest BCUT2D eigenvalue weighted by Gasteiger charge is 2.46. The molecule has 2 aromatic rings. The molecule has 1 atom stereocenters. The van der Waals surface area contributed by atoms with Gasteiger partial charge in [-0.15, -0.1) is 0 Å². The fraction of sp³-hybridized carbons (Fsp3) is 0.294. The molecule has 4 nitrogen and oxygen atoms in total. The average Bonchev–Trinajstić information content (AvgIpc) is 2.62. The van der Waals surface area contributed by atoms with Crippen LogP contribution in [0.15, 0.2) is 54.9 Å². The number of piperazine rings is 1. The molecule has 1 aliphatic rings. The van der Waals surface area contributed by atoms with Crippen LogP contribution in [0.5, 0.6) is 0 Å². The molecule has 0 aliphatic carbocycles. The number of halogens is 2. The maximum atomic E-state index is 14.6. The molecule has 6 heteroatoms. The maximum Gasteiger partial charge on any atom is 0.349 e. The predicted molar refractivity (Wildman–Crippen MR) is 81.9 cm³/mol. The zero-order chi connectivity index (χ0) is 16.3. The smallest absolute Gasteiger partial charge is 0.327 e. The van der Waals surface area contributed by atoms with Crippen molar-refractivity contribution < 1.29 is 13.6 Å². The summed E-state index contributed by atoms with van der Waals surface area (Å²) in [5, 5.41) is 3.14. The third kappa shape index (κ3) is 3.07. The van der Waals surface area contributed by atoms with Crippen molar-refractivity contribution in [2.75, 3.05) is 19.6 Å². The van der Waals surface area contributed by atoms with Crippen LogP contribution in [0.3, 0.4) is 0 Å². The monoisotopic (exact) mass is 317 g/mol. The molecule has 1 fully saturated rings. The van der Waals surface area contributed by atoms with Crippen LogP contribution in [0.4, 0.5) is 8.78 Å². The van der Waals surface area contributed by atoms with E-state index in [0.717, 1.165) is 5.56 Å². The van der Waals surface area contributed by atoms with Gasteiger partial charge in [-0.1, -0.05) is 36.4 Å². The Labute approximate surface area is 133 Å². The number of rotatable bonds is 3. The van der Waals surface area contributed by atoms with Crippen molar-refractivity contribution in [2.45, 2.75) is 12.0 Å². The van der Waals surface area contributed by atoms with Gasteiger partial charge in [0.1, 0.15) is 0 Å². The first-order valence-corrected chi connectivity index (χ1v) is 7.46. The second kappa shape index (κ2) is 6.42. The minimum Gasteiger partial charge on any atom is -0.327 e. The van der Waals surface area contributed by atoms with E-state index in [0.29, 0.717) is 13.1 Å². The van der Waals surface area contributed by atoms with Crippen LogP contribution in [0.25, 0.3) is 0 Å². The Hall–Kier alpha value is -2.34. The molecule has 0 bridgehead atoms. The lowest BCUT2D eigenvalue weighted by Crippen LogP contribution is -2.52. The Balaban J connectivity index is 1.90. The van der Waals surface area contributed by atoms with Crippen LogP contribution in [-0.2, 0) is 10.7 Å². The van der Waals surface area contributed by atoms with Gasteiger partial charge in [0, 0.05) is 37.6 Å². The average molecular weight is 317 g/mol. The number of amides is 1. The van der Waals surface area contributed by atoms with Crippen LogP contribution >= 0.6 is 0 Å². The molecule has 0 radical (unpaired) electrons. The van der Waals surface area contributed by atoms with Gasteiger partial charge in [-0.25, -0.2) is 0 Å². The molecule has 1 aromatic carbocycles. The van der Waals surface area contributed by atoms with Gasteiger partial charge < -0.3 is 10.2 Å². The predicted octanol–water partition coefficient (Wildman–Crippen LogP) is 2.35. The second-order valence-corrected chi connectivity index (χ2v) is 5.45. The number of aromatic nitrogens is 1. The van der Waals surface area contributed by atoms with Gasteiger partial charge in [-0.2, -0.15) is 8.78 Å². The molecule has 1 aliphatic heterocycles. The Bertz CT molecular complexity index is 664. The van der Waals surface area contributed by atoms with Crippen molar-refractivity contribution in [3.63, 3.8) is 0 Å². The first-order valence-electron chi connectivity index (χ1n) is 7.46. The number of alkyl halides is 2. The van der Waals surface area contributed by atoms with Crippen LogP contribution in [-0.4, -0.2) is 35.4 Å². The molecular weight excluding hydrogens is 300 g/mol. The summed E-state index contributed by atoms with van der Waals surface area (Å²) < 4.78 is 29.2. The van der Waals surface area contributed by atoms with Gasteiger partial charge in [-0.3, -0.25) is 9.78 Å². The van der Waals surface area contributed by atoms with E-state index in [4.69, 9.17) is 0 Å². The zero-order valence-corrected chi connectivity index (χ0v) is 12.5. The Morgan fingerprint density at radius 1 is 1.22 bits per heavy atom. The fourth-order valence-corrected chi connectivity index (χ4v) is 2.77. The number of pyridine rings is 1. The topological polar surface area (TPSA) is 45.2 Å². The number of hydrogen-bond acceptors (Lipinski definition) is 3. The number of hydrogen-bond donors (Lipinski definition) is 1. The molecule has 0 spiro atoms. The van der Waals surface area contributed by atoms with Crippen LogP contribution in [0.1, 0.15) is 17.2 Å². The fourth-order valence-electron chi connectivity index (χ4n) is 2.77. The molecule has 2 heterocycles. The molecule has 120 valence electrons. The van der Waals surface area contributed by atoms with E-state index in [1.807, 2.05) is 0 Å². The van der Waals surface area contributed by atoms with Crippen molar-refractivity contribution in [2.24, 2.45) is 0 Å². The molecule has 1 unspecified atom stereocenters. The molecule has 23 heavy (non-hydrogen) atoms. The molecule has 1 aromatic heterocycles. The second-order valence-electron chi connectivity index (χ2n) is 5.45. The molecule has 0 saturated carbocycles. The summed E-state index contributed by atoms with van der Waals surface area (Å²) in [5.74, 6) is -4.71. The lowest BCUT2D eigenvalue weighted by molar-refractivity contribution is -0.162. The van der Waals surface area contributed by atoms with Gasteiger partial charge in [0.25, 0.3) is 5.91 Å². The van der Waals surface area contributed by atoms with Crippen LogP contribution in [0.2, 0.25) is 0 Å². The van der Waals surface area contributed by atoms with Crippen molar-refractivity contribution in [1.82, 2.24) is 15.2 Å².